The Morgan fingerprint density at radius 1 is 1.40 bits per heavy atom. The Morgan fingerprint density at radius 2 is 2.20 bits per heavy atom. The number of hydrogen-bond donors (Lipinski definition) is 3. The fraction of sp³-hybridized carbons (Fsp3) is 0.364. The Morgan fingerprint density at radius 3 is 2.87 bits per heavy atom. The molecule has 0 bridgehead atoms. The number of anilines is 2. The fourth-order valence-corrected chi connectivity index (χ4v) is 1.70. The zero-order valence-electron chi connectivity index (χ0n) is 8.49. The van der Waals surface area contributed by atoms with Gasteiger partial charge in [0.1, 0.15) is 0 Å². The van der Waals surface area contributed by atoms with Gasteiger partial charge in [-0.1, -0.05) is 12.1 Å². The van der Waals surface area contributed by atoms with Crippen molar-refractivity contribution < 1.29 is 4.79 Å². The third kappa shape index (κ3) is 2.40. The van der Waals surface area contributed by atoms with Gasteiger partial charge < -0.3 is 16.4 Å². The summed E-state index contributed by atoms with van der Waals surface area (Å²) < 4.78 is 0. The molecular formula is C11H15N3O. The number of benzene rings is 1. The first-order valence-electron chi connectivity index (χ1n) is 5.13. The van der Waals surface area contributed by atoms with E-state index in [1.54, 1.807) is 0 Å². The van der Waals surface area contributed by atoms with Crippen molar-refractivity contribution in [3.8, 4) is 0 Å². The number of rotatable bonds is 2. The number of nitrogen functional groups attached to an aromatic ring is 1. The van der Waals surface area contributed by atoms with Crippen LogP contribution in [0.3, 0.4) is 0 Å². The second-order valence-corrected chi connectivity index (χ2v) is 3.77. The van der Waals surface area contributed by atoms with E-state index < -0.39 is 0 Å². The van der Waals surface area contributed by atoms with Gasteiger partial charge in [-0.2, -0.15) is 0 Å². The number of carbonyl (C=O) groups is 1. The minimum Gasteiger partial charge on any atom is -0.397 e. The Kier molecular flexibility index (Phi) is 2.76. The monoisotopic (exact) mass is 205 g/mol. The molecule has 4 heteroatoms. The zero-order chi connectivity index (χ0) is 10.7. The maximum absolute atomic E-state index is 11.0. The van der Waals surface area contributed by atoms with Gasteiger partial charge in [-0.15, -0.1) is 0 Å². The Hall–Kier alpha value is -1.71. The summed E-state index contributed by atoms with van der Waals surface area (Å²) in [4.78, 5) is 11.0. The van der Waals surface area contributed by atoms with Crippen molar-refractivity contribution in [2.24, 2.45) is 0 Å². The SMILES string of the molecule is Nc1ccccc1NC1CCC(=O)NC1. The van der Waals surface area contributed by atoms with Gasteiger partial charge >= 0.3 is 0 Å². The molecule has 0 radical (unpaired) electrons. The Bertz CT molecular complexity index is 355. The molecule has 0 spiro atoms. The summed E-state index contributed by atoms with van der Waals surface area (Å²) in [5.74, 6) is 0.133. The van der Waals surface area contributed by atoms with Gasteiger partial charge in [0, 0.05) is 19.0 Å². The van der Waals surface area contributed by atoms with E-state index >= 15 is 0 Å². The lowest BCUT2D eigenvalue weighted by atomic mass is 10.1. The molecule has 1 saturated heterocycles. The van der Waals surface area contributed by atoms with Crippen molar-refractivity contribution in [3.63, 3.8) is 0 Å². The van der Waals surface area contributed by atoms with Crippen LogP contribution in [0, 0.1) is 0 Å². The first kappa shape index (κ1) is 9.83. The van der Waals surface area contributed by atoms with Gasteiger partial charge in [-0.05, 0) is 18.6 Å². The molecular weight excluding hydrogens is 190 g/mol. The lowest BCUT2D eigenvalue weighted by Gasteiger charge is -2.25. The van der Waals surface area contributed by atoms with Gasteiger partial charge in [-0.25, -0.2) is 0 Å². The van der Waals surface area contributed by atoms with Crippen molar-refractivity contribution >= 4 is 17.3 Å². The van der Waals surface area contributed by atoms with Crippen LogP contribution in [0.25, 0.3) is 0 Å². The summed E-state index contributed by atoms with van der Waals surface area (Å²) in [6.45, 7) is 0.674. The molecule has 1 heterocycles. The quantitative estimate of drug-likeness (QED) is 0.630. The standard InChI is InChI=1S/C11H15N3O/c12-9-3-1-2-4-10(9)14-8-5-6-11(15)13-7-8/h1-4,8,14H,5-7,12H2,(H,13,15). The highest BCUT2D eigenvalue weighted by atomic mass is 16.1. The van der Waals surface area contributed by atoms with Crippen molar-refractivity contribution in [3.05, 3.63) is 24.3 Å². The lowest BCUT2D eigenvalue weighted by molar-refractivity contribution is -0.122. The van der Waals surface area contributed by atoms with Gasteiger partial charge in [0.2, 0.25) is 5.91 Å². The summed E-state index contributed by atoms with van der Waals surface area (Å²) in [5.41, 5.74) is 7.50. The van der Waals surface area contributed by atoms with E-state index in [1.165, 1.54) is 0 Å². The number of carbonyl (C=O) groups excluding carboxylic acids is 1. The zero-order valence-corrected chi connectivity index (χ0v) is 8.49. The highest BCUT2D eigenvalue weighted by Gasteiger charge is 2.17. The van der Waals surface area contributed by atoms with E-state index in [4.69, 9.17) is 5.73 Å². The normalized spacial score (nSPS) is 20.8. The molecule has 1 atom stereocenters. The summed E-state index contributed by atoms with van der Waals surface area (Å²) in [5, 5.41) is 6.16. The topological polar surface area (TPSA) is 67.1 Å². The number of hydrogen-bond acceptors (Lipinski definition) is 3. The van der Waals surface area contributed by atoms with Crippen molar-refractivity contribution in [1.82, 2.24) is 5.32 Å². The van der Waals surface area contributed by atoms with E-state index in [9.17, 15) is 4.79 Å². The van der Waals surface area contributed by atoms with Crippen LogP contribution in [0.1, 0.15) is 12.8 Å². The van der Waals surface area contributed by atoms with E-state index in [1.807, 2.05) is 24.3 Å². The minimum absolute atomic E-state index is 0.133. The second-order valence-electron chi connectivity index (χ2n) is 3.77. The summed E-state index contributed by atoms with van der Waals surface area (Å²) in [6.07, 6.45) is 1.45. The second kappa shape index (κ2) is 4.21. The van der Waals surface area contributed by atoms with Crippen molar-refractivity contribution in [2.75, 3.05) is 17.6 Å². The van der Waals surface area contributed by atoms with Gasteiger partial charge in [-0.3, -0.25) is 4.79 Å². The van der Waals surface area contributed by atoms with Crippen LogP contribution >= 0.6 is 0 Å². The molecule has 1 amide bonds. The summed E-state index contributed by atoms with van der Waals surface area (Å²) in [7, 11) is 0. The molecule has 1 aromatic carbocycles. The molecule has 1 aliphatic rings. The number of amides is 1. The van der Waals surface area contributed by atoms with Gasteiger partial charge in [0.25, 0.3) is 0 Å². The molecule has 2 rings (SSSR count). The predicted molar refractivity (Wildman–Crippen MR) is 60.5 cm³/mol. The summed E-state index contributed by atoms with van der Waals surface area (Å²) in [6, 6.07) is 7.95. The number of para-hydroxylation sites is 2. The molecule has 1 aromatic rings. The number of piperidine rings is 1. The minimum atomic E-state index is 0.133. The molecule has 80 valence electrons. The highest BCUT2D eigenvalue weighted by molar-refractivity contribution is 5.77. The molecule has 15 heavy (non-hydrogen) atoms. The van der Waals surface area contributed by atoms with E-state index in [0.717, 1.165) is 17.8 Å². The van der Waals surface area contributed by atoms with Crippen molar-refractivity contribution in [1.29, 1.82) is 0 Å². The average molecular weight is 205 g/mol. The lowest BCUT2D eigenvalue weighted by Crippen LogP contribution is -2.41. The third-order valence-corrected chi connectivity index (χ3v) is 2.59. The van der Waals surface area contributed by atoms with Crippen LogP contribution in [0.2, 0.25) is 0 Å². The molecule has 4 nitrogen and oxygen atoms in total. The Balaban J connectivity index is 1.97. The van der Waals surface area contributed by atoms with Crippen LogP contribution < -0.4 is 16.4 Å². The predicted octanol–water partition coefficient (Wildman–Crippen LogP) is 0.959. The van der Waals surface area contributed by atoms with Gasteiger partial charge in [0.05, 0.1) is 11.4 Å². The molecule has 0 aliphatic carbocycles. The maximum Gasteiger partial charge on any atom is 0.220 e. The molecule has 1 fully saturated rings. The van der Waals surface area contributed by atoms with Crippen molar-refractivity contribution in [2.45, 2.75) is 18.9 Å². The summed E-state index contributed by atoms with van der Waals surface area (Å²) >= 11 is 0. The molecule has 1 aliphatic heterocycles. The maximum atomic E-state index is 11.0. The number of nitrogens with two attached hydrogens (primary N) is 1. The van der Waals surface area contributed by atoms with Gasteiger partial charge in [0.15, 0.2) is 0 Å². The fourth-order valence-electron chi connectivity index (χ4n) is 1.70. The number of nitrogens with one attached hydrogen (secondary N) is 2. The van der Waals surface area contributed by atoms with E-state index in [-0.39, 0.29) is 11.9 Å². The molecule has 1 unspecified atom stereocenters. The molecule has 0 aromatic heterocycles. The van der Waals surface area contributed by atoms with E-state index in [2.05, 4.69) is 10.6 Å². The molecule has 0 saturated carbocycles. The van der Waals surface area contributed by atoms with Crippen LogP contribution in [0.4, 0.5) is 11.4 Å². The smallest absolute Gasteiger partial charge is 0.220 e. The first-order valence-corrected chi connectivity index (χ1v) is 5.13. The largest absolute Gasteiger partial charge is 0.397 e. The average Bonchev–Trinajstić information content (AvgIpc) is 2.25. The first-order chi connectivity index (χ1) is 7.25. The highest BCUT2D eigenvalue weighted by Crippen LogP contribution is 2.19. The van der Waals surface area contributed by atoms with Crippen LogP contribution in [-0.2, 0) is 4.79 Å². The van der Waals surface area contributed by atoms with Crippen LogP contribution in [0.5, 0.6) is 0 Å². The Labute approximate surface area is 88.9 Å². The third-order valence-electron chi connectivity index (χ3n) is 2.59. The van der Waals surface area contributed by atoms with Crippen LogP contribution in [-0.4, -0.2) is 18.5 Å². The van der Waals surface area contributed by atoms with Crippen LogP contribution in [0.15, 0.2) is 24.3 Å². The molecule has 4 N–H and O–H groups in total. The van der Waals surface area contributed by atoms with E-state index in [0.29, 0.717) is 13.0 Å².